The Morgan fingerprint density at radius 2 is 2.08 bits per heavy atom. The van der Waals surface area contributed by atoms with E-state index < -0.39 is 11.5 Å². The molecule has 37 heavy (non-hydrogen) atoms. The first-order valence-corrected chi connectivity index (χ1v) is 13.9. The number of thiazole rings is 1. The van der Waals surface area contributed by atoms with Crippen molar-refractivity contribution in [1.82, 2.24) is 14.9 Å². The van der Waals surface area contributed by atoms with E-state index in [4.69, 9.17) is 21.3 Å². The lowest BCUT2D eigenvalue weighted by Gasteiger charge is -2.58. The van der Waals surface area contributed by atoms with E-state index in [1.807, 2.05) is 11.8 Å². The average Bonchev–Trinajstić information content (AvgIpc) is 3.30. The zero-order valence-electron chi connectivity index (χ0n) is 21.1. The van der Waals surface area contributed by atoms with Crippen LogP contribution in [0, 0.1) is 16.7 Å². The monoisotopic (exact) mass is 548 g/mol. The number of hydrogen-bond acceptors (Lipinski definition) is 8. The van der Waals surface area contributed by atoms with Crippen molar-refractivity contribution in [2.45, 2.75) is 51.6 Å². The van der Waals surface area contributed by atoms with Crippen molar-refractivity contribution in [2.24, 2.45) is 16.7 Å². The van der Waals surface area contributed by atoms with E-state index in [9.17, 15) is 19.8 Å². The largest absolute Gasteiger partial charge is 0.396 e. The fraction of sp³-hybridized carbons (Fsp3) is 0.615. The van der Waals surface area contributed by atoms with Crippen LogP contribution < -0.4 is 5.32 Å². The van der Waals surface area contributed by atoms with Crippen LogP contribution in [0.5, 0.6) is 0 Å². The van der Waals surface area contributed by atoms with Gasteiger partial charge in [0.05, 0.1) is 31.6 Å². The second kappa shape index (κ2) is 10.2. The molecule has 200 valence electrons. The van der Waals surface area contributed by atoms with Crippen LogP contribution in [0.15, 0.2) is 18.3 Å². The minimum Gasteiger partial charge on any atom is -0.396 e. The molecule has 1 saturated carbocycles. The molecule has 3 heterocycles. The third-order valence-corrected chi connectivity index (χ3v) is 10.1. The van der Waals surface area contributed by atoms with Crippen molar-refractivity contribution in [3.8, 4) is 0 Å². The van der Waals surface area contributed by atoms with Gasteiger partial charge in [0, 0.05) is 47.5 Å². The summed E-state index contributed by atoms with van der Waals surface area (Å²) in [6, 6.07) is 3.08. The lowest BCUT2D eigenvalue weighted by molar-refractivity contribution is -0.149. The normalized spacial score (nSPS) is 31.4. The summed E-state index contributed by atoms with van der Waals surface area (Å²) in [4.78, 5) is 38.0. The maximum atomic E-state index is 13.4. The van der Waals surface area contributed by atoms with Crippen molar-refractivity contribution in [1.29, 1.82) is 0 Å². The number of hydrogen-bond donors (Lipinski definition) is 3. The molecule has 1 saturated heterocycles. The van der Waals surface area contributed by atoms with Crippen LogP contribution in [0.2, 0.25) is 5.15 Å². The van der Waals surface area contributed by atoms with Gasteiger partial charge in [-0.2, -0.15) is 0 Å². The molecule has 2 fully saturated rings. The number of aliphatic hydroxyl groups excluding tert-OH is 2. The molecule has 3 aliphatic rings. The van der Waals surface area contributed by atoms with Crippen LogP contribution in [0.25, 0.3) is 0 Å². The minimum absolute atomic E-state index is 0.0493. The van der Waals surface area contributed by atoms with Gasteiger partial charge < -0.3 is 19.8 Å². The van der Waals surface area contributed by atoms with Gasteiger partial charge in [0.1, 0.15) is 5.15 Å². The topological polar surface area (TPSA) is 125 Å². The summed E-state index contributed by atoms with van der Waals surface area (Å²) in [5.41, 5.74) is 0.167. The van der Waals surface area contributed by atoms with Crippen molar-refractivity contribution in [3.63, 3.8) is 0 Å². The summed E-state index contributed by atoms with van der Waals surface area (Å²) in [5, 5.41) is 24.9. The molecule has 0 aromatic carbocycles. The van der Waals surface area contributed by atoms with Crippen LogP contribution >= 0.6 is 22.9 Å². The van der Waals surface area contributed by atoms with Gasteiger partial charge in [0.2, 0.25) is 5.91 Å². The number of anilines is 1. The fourth-order valence-corrected chi connectivity index (χ4v) is 7.77. The number of aromatic nitrogens is 2. The number of fused-ring (bicyclic) bond motifs is 2. The summed E-state index contributed by atoms with van der Waals surface area (Å²) in [6.45, 7) is 6.18. The van der Waals surface area contributed by atoms with Crippen molar-refractivity contribution < 1.29 is 24.5 Å². The van der Waals surface area contributed by atoms with E-state index in [0.29, 0.717) is 49.8 Å². The highest BCUT2D eigenvalue weighted by atomic mass is 35.5. The van der Waals surface area contributed by atoms with Gasteiger partial charge in [-0.25, -0.2) is 9.97 Å². The van der Waals surface area contributed by atoms with E-state index in [1.54, 1.807) is 6.07 Å². The number of nitrogens with zero attached hydrogens (tertiary/aromatic N) is 3. The summed E-state index contributed by atoms with van der Waals surface area (Å²) in [6.07, 6.45) is 3.04. The van der Waals surface area contributed by atoms with Gasteiger partial charge in [-0.3, -0.25) is 14.9 Å². The van der Waals surface area contributed by atoms with Gasteiger partial charge in [-0.1, -0.05) is 25.4 Å². The van der Waals surface area contributed by atoms with Gasteiger partial charge in [0.15, 0.2) is 5.13 Å². The van der Waals surface area contributed by atoms with Crippen LogP contribution in [-0.4, -0.2) is 75.9 Å². The SMILES string of the molecule is CC1(CO)C(O)CCC2(C)C(CC(=O)N3CCOCC3)c3nc(NC(=O)c4ccnc(Cl)c4)sc3CC12. The summed E-state index contributed by atoms with van der Waals surface area (Å²) in [5.74, 6) is -0.530. The molecule has 9 nitrogen and oxygen atoms in total. The van der Waals surface area contributed by atoms with E-state index in [-0.39, 0.29) is 47.2 Å². The molecule has 2 aliphatic carbocycles. The van der Waals surface area contributed by atoms with Gasteiger partial charge in [-0.15, -0.1) is 11.3 Å². The molecule has 2 amide bonds. The number of ether oxygens (including phenoxy) is 1. The Hall–Kier alpha value is -2.11. The molecule has 5 unspecified atom stereocenters. The molecule has 0 radical (unpaired) electrons. The molecular formula is C26H33ClN4O5S. The number of nitrogens with one attached hydrogen (secondary N) is 1. The van der Waals surface area contributed by atoms with E-state index in [2.05, 4.69) is 17.2 Å². The number of carbonyl (C=O) groups is 2. The third-order valence-electron chi connectivity index (χ3n) is 8.85. The molecule has 0 bridgehead atoms. The highest BCUT2D eigenvalue weighted by molar-refractivity contribution is 7.15. The standard InChI is InChI=1S/C26H33ClN4O5S/c1-25-5-3-19(33)26(2,14-32)18(25)13-17-22(16(25)12-21(34)31-7-9-36-10-8-31)29-24(37-17)30-23(35)15-4-6-28-20(27)11-15/h4,6,11,16,18-19,32-33H,3,5,7-10,12-14H2,1-2H3,(H,29,30,35). The zero-order chi connectivity index (χ0) is 26.4. The number of halogens is 1. The summed E-state index contributed by atoms with van der Waals surface area (Å²) < 4.78 is 5.43. The Labute approximate surface area is 225 Å². The molecule has 0 spiro atoms. The first-order chi connectivity index (χ1) is 17.7. The Kier molecular flexibility index (Phi) is 7.32. The van der Waals surface area contributed by atoms with Crippen LogP contribution in [0.3, 0.4) is 0 Å². The van der Waals surface area contributed by atoms with Crippen molar-refractivity contribution in [2.75, 3.05) is 38.2 Å². The molecule has 11 heteroatoms. The number of carbonyl (C=O) groups excluding carboxylic acids is 2. The Morgan fingerprint density at radius 3 is 2.78 bits per heavy atom. The summed E-state index contributed by atoms with van der Waals surface area (Å²) in [7, 11) is 0. The second-order valence-electron chi connectivity index (χ2n) is 10.9. The molecule has 2 aromatic heterocycles. The van der Waals surface area contributed by atoms with E-state index in [0.717, 1.165) is 17.0 Å². The minimum atomic E-state index is -0.702. The lowest BCUT2D eigenvalue weighted by Crippen LogP contribution is -2.58. The summed E-state index contributed by atoms with van der Waals surface area (Å²) >= 11 is 7.35. The lowest BCUT2D eigenvalue weighted by atomic mass is 9.47. The molecule has 2 aromatic rings. The molecule has 3 N–H and O–H groups in total. The number of amides is 2. The molecule has 5 atom stereocenters. The Morgan fingerprint density at radius 1 is 1.32 bits per heavy atom. The predicted molar refractivity (Wildman–Crippen MR) is 140 cm³/mol. The van der Waals surface area contributed by atoms with Gasteiger partial charge in [-0.05, 0) is 42.7 Å². The highest BCUT2D eigenvalue weighted by Crippen LogP contribution is 2.63. The quantitative estimate of drug-likeness (QED) is 0.490. The second-order valence-corrected chi connectivity index (χ2v) is 12.4. The zero-order valence-corrected chi connectivity index (χ0v) is 22.6. The molecule has 5 rings (SSSR count). The van der Waals surface area contributed by atoms with Crippen LogP contribution in [0.4, 0.5) is 5.13 Å². The first-order valence-electron chi connectivity index (χ1n) is 12.7. The number of pyridine rings is 1. The molecular weight excluding hydrogens is 516 g/mol. The third kappa shape index (κ3) is 4.78. The van der Waals surface area contributed by atoms with Gasteiger partial charge in [0.25, 0.3) is 5.91 Å². The maximum Gasteiger partial charge on any atom is 0.257 e. The number of morpholine rings is 1. The van der Waals surface area contributed by atoms with Crippen molar-refractivity contribution in [3.05, 3.63) is 39.6 Å². The van der Waals surface area contributed by atoms with E-state index >= 15 is 0 Å². The first kappa shape index (κ1) is 26.5. The Balaban J connectivity index is 1.50. The number of rotatable bonds is 5. The van der Waals surface area contributed by atoms with Crippen LogP contribution in [0.1, 0.15) is 60.0 Å². The van der Waals surface area contributed by atoms with Crippen LogP contribution in [-0.2, 0) is 16.0 Å². The molecule has 1 aliphatic heterocycles. The van der Waals surface area contributed by atoms with Gasteiger partial charge >= 0.3 is 0 Å². The van der Waals surface area contributed by atoms with E-state index in [1.165, 1.54) is 23.6 Å². The highest BCUT2D eigenvalue weighted by Gasteiger charge is 2.59. The fourth-order valence-electron chi connectivity index (χ4n) is 6.53. The average molecular weight is 549 g/mol. The number of aliphatic hydroxyl groups is 2. The predicted octanol–water partition coefficient (Wildman–Crippen LogP) is 3.11. The maximum absolute atomic E-state index is 13.4. The smallest absolute Gasteiger partial charge is 0.257 e. The Bertz CT molecular complexity index is 1190. The van der Waals surface area contributed by atoms with Crippen molar-refractivity contribution >= 4 is 39.9 Å².